The molecule has 5 heteroatoms. The van der Waals surface area contributed by atoms with Gasteiger partial charge < -0.3 is 0 Å². The average molecular weight is 243 g/mol. The lowest BCUT2D eigenvalue weighted by Gasteiger charge is -2.02. The van der Waals surface area contributed by atoms with E-state index in [1.54, 1.807) is 0 Å². The Bertz CT molecular complexity index is 298. The summed E-state index contributed by atoms with van der Waals surface area (Å²) in [5.41, 5.74) is -0.803. The van der Waals surface area contributed by atoms with Crippen molar-refractivity contribution in [3.8, 4) is 0 Å². The minimum atomic E-state index is -2.93. The van der Waals surface area contributed by atoms with Crippen molar-refractivity contribution in [2.75, 3.05) is 0 Å². The molecule has 1 aromatic rings. The molecule has 0 heterocycles. The van der Waals surface area contributed by atoms with E-state index in [0.717, 1.165) is 6.07 Å². The molecule has 1 aromatic carbocycles. The minimum Gasteiger partial charge on any atom is -0.206 e. The third kappa shape index (κ3) is 1.77. The van der Waals surface area contributed by atoms with Gasteiger partial charge in [-0.25, -0.2) is 17.6 Å². The van der Waals surface area contributed by atoms with Crippen molar-refractivity contribution in [2.45, 2.75) is 6.43 Å². The number of alkyl halides is 2. The van der Waals surface area contributed by atoms with Gasteiger partial charge in [0.25, 0.3) is 6.43 Å². The van der Waals surface area contributed by atoms with Crippen LogP contribution in [0.25, 0.3) is 0 Å². The lowest BCUT2D eigenvalue weighted by atomic mass is 10.2. The summed E-state index contributed by atoms with van der Waals surface area (Å²) in [6.07, 6.45) is -2.93. The third-order valence-corrected chi connectivity index (χ3v) is 1.88. The van der Waals surface area contributed by atoms with E-state index in [0.29, 0.717) is 6.07 Å². The second-order valence-electron chi connectivity index (χ2n) is 2.09. The highest BCUT2D eigenvalue weighted by molar-refractivity contribution is 9.10. The van der Waals surface area contributed by atoms with E-state index < -0.39 is 23.6 Å². The van der Waals surface area contributed by atoms with Crippen molar-refractivity contribution >= 4 is 15.9 Å². The van der Waals surface area contributed by atoms with E-state index in [1.165, 1.54) is 0 Å². The van der Waals surface area contributed by atoms with E-state index >= 15 is 0 Å². The monoisotopic (exact) mass is 242 g/mol. The Morgan fingerprint density at radius 3 is 2.17 bits per heavy atom. The summed E-state index contributed by atoms with van der Waals surface area (Å²) >= 11 is 2.67. The number of hydrogen-bond donors (Lipinski definition) is 0. The smallest absolute Gasteiger partial charge is 0.206 e. The molecule has 0 amide bonds. The Morgan fingerprint density at radius 1 is 1.08 bits per heavy atom. The Labute approximate surface area is 74.3 Å². The molecule has 0 unspecified atom stereocenters. The van der Waals surface area contributed by atoms with Crippen LogP contribution in [0.1, 0.15) is 12.0 Å². The summed E-state index contributed by atoms with van der Waals surface area (Å²) < 4.78 is 48.8. The summed E-state index contributed by atoms with van der Waals surface area (Å²) in [5.74, 6) is -2.12. The van der Waals surface area contributed by atoms with Crippen molar-refractivity contribution in [3.63, 3.8) is 0 Å². The average Bonchev–Trinajstić information content (AvgIpc) is 1.96. The summed E-state index contributed by atoms with van der Waals surface area (Å²) in [5, 5.41) is 0. The first kappa shape index (κ1) is 9.51. The highest BCUT2D eigenvalue weighted by Crippen LogP contribution is 2.27. The summed E-state index contributed by atoms with van der Waals surface area (Å²) in [7, 11) is 0. The van der Waals surface area contributed by atoms with Gasteiger partial charge in [0.2, 0.25) is 0 Å². The van der Waals surface area contributed by atoms with Crippen LogP contribution in [0.5, 0.6) is 0 Å². The fourth-order valence-corrected chi connectivity index (χ4v) is 1.07. The van der Waals surface area contributed by atoms with Crippen LogP contribution in [0.15, 0.2) is 16.6 Å². The van der Waals surface area contributed by atoms with Crippen LogP contribution in [0, 0.1) is 11.6 Å². The van der Waals surface area contributed by atoms with Crippen LogP contribution in [-0.4, -0.2) is 0 Å². The highest BCUT2D eigenvalue weighted by Gasteiger charge is 2.15. The molecule has 66 valence electrons. The molecular weight excluding hydrogens is 240 g/mol. The standard InChI is InChI=1S/C7H3BrF4/c8-4-1-3(7(11)12)5(9)2-6(4)10/h1-2,7H. The zero-order valence-electron chi connectivity index (χ0n) is 5.62. The van der Waals surface area contributed by atoms with Gasteiger partial charge in [-0.15, -0.1) is 0 Å². The normalized spacial score (nSPS) is 10.8. The molecule has 0 aliphatic rings. The second kappa shape index (κ2) is 3.43. The molecule has 0 saturated heterocycles. The first-order valence-electron chi connectivity index (χ1n) is 2.95. The molecule has 0 aliphatic carbocycles. The van der Waals surface area contributed by atoms with Crippen molar-refractivity contribution in [1.29, 1.82) is 0 Å². The van der Waals surface area contributed by atoms with Crippen LogP contribution in [0.4, 0.5) is 17.6 Å². The summed E-state index contributed by atoms with van der Waals surface area (Å²) in [6, 6.07) is 1.15. The number of hydrogen-bond acceptors (Lipinski definition) is 0. The van der Waals surface area contributed by atoms with Crippen LogP contribution in [0.3, 0.4) is 0 Å². The zero-order valence-corrected chi connectivity index (χ0v) is 7.21. The molecule has 0 radical (unpaired) electrons. The van der Waals surface area contributed by atoms with E-state index in [9.17, 15) is 17.6 Å². The fraction of sp³-hybridized carbons (Fsp3) is 0.143. The molecule has 0 spiro atoms. The van der Waals surface area contributed by atoms with Crippen molar-refractivity contribution in [2.24, 2.45) is 0 Å². The lowest BCUT2D eigenvalue weighted by molar-refractivity contribution is 0.146. The Hall–Kier alpha value is -0.580. The van der Waals surface area contributed by atoms with Crippen molar-refractivity contribution in [3.05, 3.63) is 33.8 Å². The third-order valence-electron chi connectivity index (χ3n) is 1.27. The van der Waals surface area contributed by atoms with E-state index in [4.69, 9.17) is 0 Å². The lowest BCUT2D eigenvalue weighted by Crippen LogP contribution is -1.92. The van der Waals surface area contributed by atoms with E-state index in [1.807, 2.05) is 0 Å². The highest BCUT2D eigenvalue weighted by atomic mass is 79.9. The van der Waals surface area contributed by atoms with E-state index in [2.05, 4.69) is 15.9 Å². The molecule has 1 rings (SSSR count). The second-order valence-corrected chi connectivity index (χ2v) is 2.94. The van der Waals surface area contributed by atoms with Gasteiger partial charge in [-0.1, -0.05) is 0 Å². The van der Waals surface area contributed by atoms with Gasteiger partial charge in [0.1, 0.15) is 11.6 Å². The predicted molar refractivity (Wildman–Crippen MR) is 39.0 cm³/mol. The first-order valence-corrected chi connectivity index (χ1v) is 3.74. The predicted octanol–water partition coefficient (Wildman–Crippen LogP) is 3.66. The molecule has 0 aromatic heterocycles. The van der Waals surface area contributed by atoms with E-state index in [-0.39, 0.29) is 4.47 Å². The topological polar surface area (TPSA) is 0 Å². The number of benzene rings is 1. The molecule has 0 fully saturated rings. The summed E-state index contributed by atoms with van der Waals surface area (Å²) in [6.45, 7) is 0. The Balaban J connectivity index is 3.23. The van der Waals surface area contributed by atoms with Gasteiger partial charge in [-0.2, -0.15) is 0 Å². The molecule has 0 N–H and O–H groups in total. The van der Waals surface area contributed by atoms with Crippen LogP contribution < -0.4 is 0 Å². The maximum Gasteiger partial charge on any atom is 0.266 e. The van der Waals surface area contributed by atoms with Crippen LogP contribution >= 0.6 is 15.9 Å². The molecule has 0 aliphatic heterocycles. The number of rotatable bonds is 1. The van der Waals surface area contributed by atoms with Gasteiger partial charge in [-0.05, 0) is 22.0 Å². The molecular formula is C7H3BrF4. The minimum absolute atomic E-state index is 0.167. The van der Waals surface area contributed by atoms with Gasteiger partial charge in [0.15, 0.2) is 0 Å². The van der Waals surface area contributed by atoms with Crippen molar-refractivity contribution < 1.29 is 17.6 Å². The largest absolute Gasteiger partial charge is 0.266 e. The summed E-state index contributed by atoms with van der Waals surface area (Å²) in [4.78, 5) is 0. The quantitative estimate of drug-likeness (QED) is 0.521. The van der Waals surface area contributed by atoms with Crippen molar-refractivity contribution in [1.82, 2.24) is 0 Å². The molecule has 0 saturated carbocycles. The molecule has 12 heavy (non-hydrogen) atoms. The molecule has 0 bridgehead atoms. The fourth-order valence-electron chi connectivity index (χ4n) is 0.705. The maximum atomic E-state index is 12.5. The SMILES string of the molecule is Fc1cc(F)c(C(F)F)cc1Br. The Kier molecular flexibility index (Phi) is 2.72. The first-order chi connectivity index (χ1) is 5.52. The van der Waals surface area contributed by atoms with Gasteiger partial charge in [0, 0.05) is 6.07 Å². The van der Waals surface area contributed by atoms with Gasteiger partial charge in [-0.3, -0.25) is 0 Å². The molecule has 0 atom stereocenters. The molecule has 0 nitrogen and oxygen atoms in total. The van der Waals surface area contributed by atoms with Crippen LogP contribution in [0.2, 0.25) is 0 Å². The van der Waals surface area contributed by atoms with Gasteiger partial charge >= 0.3 is 0 Å². The zero-order chi connectivity index (χ0) is 9.30. The number of halogens is 5. The van der Waals surface area contributed by atoms with Crippen LogP contribution in [-0.2, 0) is 0 Å². The maximum absolute atomic E-state index is 12.5. The van der Waals surface area contributed by atoms with Gasteiger partial charge in [0.05, 0.1) is 10.0 Å². The Morgan fingerprint density at radius 2 is 1.67 bits per heavy atom.